The summed E-state index contributed by atoms with van der Waals surface area (Å²) in [6, 6.07) is 4.56. The van der Waals surface area contributed by atoms with Crippen LogP contribution in [0.25, 0.3) is 0 Å². The van der Waals surface area contributed by atoms with Gasteiger partial charge >= 0.3 is 5.97 Å². The molecule has 0 bridgehead atoms. The van der Waals surface area contributed by atoms with Crippen LogP contribution in [-0.4, -0.2) is 40.0 Å². The number of carbonyl (C=O) groups is 1. The largest absolute Gasteiger partial charge is 0.477 e. The highest BCUT2D eigenvalue weighted by Crippen LogP contribution is 2.24. The number of nitrogens with two attached hydrogens (primary N) is 1. The number of rotatable bonds is 4. The van der Waals surface area contributed by atoms with Gasteiger partial charge in [0.1, 0.15) is 5.56 Å². The topological polar surface area (TPSA) is 110 Å². The SMILES string of the molecule is NC1CCN(Cc2cccc([N+](=O)[O-])c2C(=O)O)CC1. The van der Waals surface area contributed by atoms with E-state index in [1.807, 2.05) is 0 Å². The highest BCUT2D eigenvalue weighted by atomic mass is 16.6. The molecule has 0 spiro atoms. The van der Waals surface area contributed by atoms with E-state index in [9.17, 15) is 20.0 Å². The molecule has 0 aliphatic carbocycles. The summed E-state index contributed by atoms with van der Waals surface area (Å²) in [5.41, 5.74) is 5.72. The molecule has 1 aromatic carbocycles. The molecule has 0 unspecified atom stereocenters. The van der Waals surface area contributed by atoms with Gasteiger partial charge in [0.05, 0.1) is 4.92 Å². The van der Waals surface area contributed by atoms with Gasteiger partial charge in [-0.25, -0.2) is 4.79 Å². The Morgan fingerprint density at radius 1 is 1.45 bits per heavy atom. The molecule has 1 aromatic rings. The zero-order valence-electron chi connectivity index (χ0n) is 11.0. The van der Waals surface area contributed by atoms with E-state index in [1.54, 1.807) is 6.07 Å². The van der Waals surface area contributed by atoms with E-state index in [1.165, 1.54) is 12.1 Å². The van der Waals surface area contributed by atoms with E-state index in [-0.39, 0.29) is 17.3 Å². The minimum Gasteiger partial charge on any atom is -0.477 e. The molecule has 1 saturated heterocycles. The molecule has 0 aromatic heterocycles. The molecule has 0 radical (unpaired) electrons. The summed E-state index contributed by atoms with van der Waals surface area (Å²) in [7, 11) is 0. The minimum atomic E-state index is -1.26. The number of piperidine rings is 1. The average Bonchev–Trinajstić information content (AvgIpc) is 2.40. The molecule has 7 heteroatoms. The summed E-state index contributed by atoms with van der Waals surface area (Å²) in [5.74, 6) is -1.26. The molecule has 0 saturated carbocycles. The summed E-state index contributed by atoms with van der Waals surface area (Å²) in [6.07, 6.45) is 1.72. The van der Waals surface area contributed by atoms with Crippen molar-refractivity contribution < 1.29 is 14.8 Å². The van der Waals surface area contributed by atoms with Crippen LogP contribution in [0.15, 0.2) is 18.2 Å². The van der Waals surface area contributed by atoms with E-state index < -0.39 is 10.9 Å². The zero-order valence-corrected chi connectivity index (χ0v) is 11.0. The van der Waals surface area contributed by atoms with E-state index in [0.29, 0.717) is 12.1 Å². The first-order valence-corrected chi connectivity index (χ1v) is 6.46. The third-order valence-corrected chi connectivity index (χ3v) is 3.57. The minimum absolute atomic E-state index is 0.190. The van der Waals surface area contributed by atoms with Crippen LogP contribution in [0.2, 0.25) is 0 Å². The number of hydrogen-bond donors (Lipinski definition) is 2. The summed E-state index contributed by atoms with van der Waals surface area (Å²) in [4.78, 5) is 23.6. The highest BCUT2D eigenvalue weighted by molar-refractivity contribution is 5.94. The smallest absolute Gasteiger partial charge is 0.343 e. The molecular weight excluding hydrogens is 262 g/mol. The van der Waals surface area contributed by atoms with Crippen LogP contribution >= 0.6 is 0 Å². The van der Waals surface area contributed by atoms with Crippen LogP contribution in [0.1, 0.15) is 28.8 Å². The first kappa shape index (κ1) is 14.4. The van der Waals surface area contributed by atoms with Crippen LogP contribution in [0.5, 0.6) is 0 Å². The standard InChI is InChI=1S/C13H17N3O4/c14-10-4-6-15(7-5-10)8-9-2-1-3-11(16(19)20)12(9)13(17)18/h1-3,10H,4-8,14H2,(H,17,18). The van der Waals surface area contributed by atoms with Crippen LogP contribution in [0.4, 0.5) is 5.69 Å². The van der Waals surface area contributed by atoms with Gasteiger partial charge in [0.15, 0.2) is 0 Å². The Labute approximate surface area is 116 Å². The number of hydrogen-bond acceptors (Lipinski definition) is 5. The third kappa shape index (κ3) is 3.12. The molecule has 2 rings (SSSR count). The molecule has 20 heavy (non-hydrogen) atoms. The summed E-state index contributed by atoms with van der Waals surface area (Å²) >= 11 is 0. The van der Waals surface area contributed by atoms with Gasteiger partial charge in [0.2, 0.25) is 0 Å². The van der Waals surface area contributed by atoms with Crippen molar-refractivity contribution in [2.75, 3.05) is 13.1 Å². The van der Waals surface area contributed by atoms with Crippen molar-refractivity contribution in [3.63, 3.8) is 0 Å². The average molecular weight is 279 g/mol. The number of aromatic carboxylic acids is 1. The molecular formula is C13H17N3O4. The van der Waals surface area contributed by atoms with Crippen molar-refractivity contribution in [3.05, 3.63) is 39.4 Å². The quantitative estimate of drug-likeness (QED) is 0.633. The molecule has 3 N–H and O–H groups in total. The monoisotopic (exact) mass is 279 g/mol. The Morgan fingerprint density at radius 2 is 2.10 bits per heavy atom. The van der Waals surface area contributed by atoms with Crippen molar-refractivity contribution in [1.29, 1.82) is 0 Å². The van der Waals surface area contributed by atoms with Crippen molar-refractivity contribution in [2.24, 2.45) is 5.73 Å². The fraction of sp³-hybridized carbons (Fsp3) is 0.462. The van der Waals surface area contributed by atoms with E-state index in [0.717, 1.165) is 25.9 Å². The summed E-state index contributed by atoms with van der Waals surface area (Å²) in [6.45, 7) is 1.96. The Bertz CT molecular complexity index is 524. The Morgan fingerprint density at radius 3 is 2.65 bits per heavy atom. The van der Waals surface area contributed by atoms with E-state index in [4.69, 9.17) is 5.73 Å². The van der Waals surface area contributed by atoms with Gasteiger partial charge in [-0.15, -0.1) is 0 Å². The Kier molecular flexibility index (Phi) is 4.31. The number of likely N-dealkylation sites (tertiary alicyclic amines) is 1. The molecule has 1 aliphatic rings. The van der Waals surface area contributed by atoms with Gasteiger partial charge in [-0.05, 0) is 31.5 Å². The lowest BCUT2D eigenvalue weighted by Crippen LogP contribution is -2.39. The molecule has 7 nitrogen and oxygen atoms in total. The highest BCUT2D eigenvalue weighted by Gasteiger charge is 2.25. The first-order valence-electron chi connectivity index (χ1n) is 6.46. The number of benzene rings is 1. The Balaban J connectivity index is 2.25. The fourth-order valence-electron chi connectivity index (χ4n) is 2.47. The first-order chi connectivity index (χ1) is 9.49. The fourth-order valence-corrected chi connectivity index (χ4v) is 2.47. The van der Waals surface area contributed by atoms with Crippen LogP contribution < -0.4 is 5.73 Å². The lowest BCUT2D eigenvalue weighted by Gasteiger charge is -2.30. The molecule has 1 aliphatic heterocycles. The second-order valence-electron chi connectivity index (χ2n) is 4.99. The van der Waals surface area contributed by atoms with Gasteiger partial charge in [-0.1, -0.05) is 12.1 Å². The molecule has 0 amide bonds. The maximum atomic E-state index is 11.3. The van der Waals surface area contributed by atoms with Crippen molar-refractivity contribution >= 4 is 11.7 Å². The second kappa shape index (κ2) is 5.98. The van der Waals surface area contributed by atoms with Crippen LogP contribution in [0, 0.1) is 10.1 Å². The zero-order chi connectivity index (χ0) is 14.7. The maximum absolute atomic E-state index is 11.3. The lowest BCUT2D eigenvalue weighted by molar-refractivity contribution is -0.385. The summed E-state index contributed by atoms with van der Waals surface area (Å²) < 4.78 is 0. The summed E-state index contributed by atoms with van der Waals surface area (Å²) in [5, 5.41) is 20.1. The second-order valence-corrected chi connectivity index (χ2v) is 4.99. The van der Waals surface area contributed by atoms with Crippen molar-refractivity contribution in [1.82, 2.24) is 4.90 Å². The third-order valence-electron chi connectivity index (χ3n) is 3.57. The van der Waals surface area contributed by atoms with Gasteiger partial charge in [-0.2, -0.15) is 0 Å². The number of carboxylic acid groups (broad SMARTS) is 1. The maximum Gasteiger partial charge on any atom is 0.343 e. The van der Waals surface area contributed by atoms with Gasteiger partial charge in [0.25, 0.3) is 5.69 Å². The van der Waals surface area contributed by atoms with Crippen LogP contribution in [0.3, 0.4) is 0 Å². The molecule has 0 atom stereocenters. The number of nitro benzene ring substituents is 1. The number of nitrogens with zero attached hydrogens (tertiary/aromatic N) is 2. The number of nitro groups is 1. The predicted molar refractivity (Wildman–Crippen MR) is 72.5 cm³/mol. The van der Waals surface area contributed by atoms with Crippen molar-refractivity contribution in [2.45, 2.75) is 25.4 Å². The van der Waals surface area contributed by atoms with Crippen molar-refractivity contribution in [3.8, 4) is 0 Å². The Hall–Kier alpha value is -1.99. The van der Waals surface area contributed by atoms with Gasteiger partial charge < -0.3 is 10.8 Å². The molecule has 1 heterocycles. The number of carboxylic acids is 1. The molecule has 108 valence electrons. The van der Waals surface area contributed by atoms with Gasteiger partial charge in [-0.3, -0.25) is 15.0 Å². The van der Waals surface area contributed by atoms with E-state index in [2.05, 4.69) is 4.90 Å². The van der Waals surface area contributed by atoms with Gasteiger partial charge in [0, 0.05) is 18.7 Å². The normalized spacial score (nSPS) is 17.1. The van der Waals surface area contributed by atoms with E-state index >= 15 is 0 Å². The predicted octanol–water partition coefficient (Wildman–Crippen LogP) is 1.22. The van der Waals surface area contributed by atoms with Crippen LogP contribution in [-0.2, 0) is 6.54 Å². The lowest BCUT2D eigenvalue weighted by atomic mass is 10.0. The molecule has 1 fully saturated rings.